The van der Waals surface area contributed by atoms with Crippen LogP contribution >= 0.6 is 63.7 Å². The fourth-order valence-corrected chi connectivity index (χ4v) is 10.7. The van der Waals surface area contributed by atoms with Gasteiger partial charge in [-0.1, -0.05) is 83.1 Å². The molecule has 4 rings (SSSR count). The molecule has 0 amide bonds. The summed E-state index contributed by atoms with van der Waals surface area (Å²) in [5.74, 6) is 0.0660. The van der Waals surface area contributed by atoms with Crippen LogP contribution in [0, 0.1) is 21.7 Å². The SMILES string of the molecule is CC(N=Nc1c(Br)cc(S(=O)(=O)c2cc(Br)c(N=NC(C)=C3C=C(C(C)(C)C)C(=O)C(C(C)(C)C)=C3)c(Br)c2)cc1Br)=C1C=C(C(C)(C)C)C(=O)C(C(C)(C)C)=C1. The quantitative estimate of drug-likeness (QED) is 0.268. The Labute approximate surface area is 371 Å². The van der Waals surface area contributed by atoms with Crippen molar-refractivity contribution < 1.29 is 18.0 Å². The molecule has 0 aliphatic heterocycles. The van der Waals surface area contributed by atoms with Crippen LogP contribution < -0.4 is 0 Å². The fraction of sp³-hybridized carbons (Fsp3) is 0.409. The van der Waals surface area contributed by atoms with Gasteiger partial charge in [-0.15, -0.1) is 10.2 Å². The Morgan fingerprint density at radius 2 is 0.702 bits per heavy atom. The van der Waals surface area contributed by atoms with Gasteiger partial charge in [-0.3, -0.25) is 9.59 Å². The maximum Gasteiger partial charge on any atom is 0.206 e. The number of hydrogen-bond acceptors (Lipinski definition) is 8. The lowest BCUT2D eigenvalue weighted by molar-refractivity contribution is -0.114. The molecule has 0 aromatic heterocycles. The first-order chi connectivity index (χ1) is 25.8. The zero-order valence-electron chi connectivity index (χ0n) is 35.0. The Morgan fingerprint density at radius 1 is 0.474 bits per heavy atom. The van der Waals surface area contributed by atoms with E-state index in [-0.39, 0.29) is 43.0 Å². The second-order valence-corrected chi connectivity index (χ2v) is 23.7. The van der Waals surface area contributed by atoms with E-state index in [2.05, 4.69) is 84.2 Å². The van der Waals surface area contributed by atoms with E-state index in [1.54, 1.807) is 0 Å². The van der Waals surface area contributed by atoms with Crippen LogP contribution in [-0.2, 0) is 19.4 Å². The highest BCUT2D eigenvalue weighted by molar-refractivity contribution is 9.11. The van der Waals surface area contributed by atoms with Crippen LogP contribution in [0.25, 0.3) is 0 Å². The number of allylic oxidation sites excluding steroid dienone is 12. The smallest absolute Gasteiger partial charge is 0.206 e. The molecule has 0 saturated carbocycles. The Morgan fingerprint density at radius 3 is 0.912 bits per heavy atom. The normalized spacial score (nSPS) is 16.3. The molecule has 0 radical (unpaired) electrons. The predicted molar refractivity (Wildman–Crippen MR) is 244 cm³/mol. The molecule has 0 fully saturated rings. The molecule has 0 spiro atoms. The third-order valence-corrected chi connectivity index (χ3v) is 13.6. The first-order valence-electron chi connectivity index (χ1n) is 18.3. The number of carbonyl (C=O) groups excluding carboxylic acids is 2. The van der Waals surface area contributed by atoms with Crippen LogP contribution in [0.4, 0.5) is 11.4 Å². The fourth-order valence-electron chi connectivity index (χ4n) is 5.99. The minimum Gasteiger partial charge on any atom is -0.289 e. The number of carbonyl (C=O) groups is 2. The highest BCUT2D eigenvalue weighted by Crippen LogP contribution is 2.44. The highest BCUT2D eigenvalue weighted by Gasteiger charge is 2.36. The van der Waals surface area contributed by atoms with E-state index >= 15 is 0 Å². The maximum absolute atomic E-state index is 14.0. The van der Waals surface area contributed by atoms with Gasteiger partial charge in [-0.05, 0) is 159 Å². The molecule has 0 heterocycles. The molecule has 2 aromatic rings. The largest absolute Gasteiger partial charge is 0.289 e. The van der Waals surface area contributed by atoms with E-state index in [4.69, 9.17) is 0 Å². The Balaban J connectivity index is 1.69. The first-order valence-corrected chi connectivity index (χ1v) is 23.0. The first kappa shape index (κ1) is 47.0. The van der Waals surface area contributed by atoms with E-state index in [0.717, 1.165) is 11.1 Å². The molecular weight excluding hydrogens is 1000 g/mol. The van der Waals surface area contributed by atoms with Gasteiger partial charge in [0.2, 0.25) is 9.84 Å². The molecule has 0 bridgehead atoms. The lowest BCUT2D eigenvalue weighted by atomic mass is 9.72. The summed E-state index contributed by atoms with van der Waals surface area (Å²) in [6, 6.07) is 5.96. The number of ketones is 2. The summed E-state index contributed by atoms with van der Waals surface area (Å²) < 4.78 is 29.7. The zero-order valence-corrected chi connectivity index (χ0v) is 42.1. The van der Waals surface area contributed by atoms with Gasteiger partial charge in [0, 0.05) is 40.2 Å². The van der Waals surface area contributed by atoms with Crippen LogP contribution in [0.3, 0.4) is 0 Å². The van der Waals surface area contributed by atoms with Crippen molar-refractivity contribution in [3.63, 3.8) is 0 Å². The number of sulfone groups is 1. The summed E-state index contributed by atoms with van der Waals surface area (Å²) in [5.41, 5.74) is 4.92. The Hall–Kier alpha value is -2.71. The Kier molecular flexibility index (Phi) is 13.8. The summed E-state index contributed by atoms with van der Waals surface area (Å²) in [7, 11) is -4.03. The molecule has 8 nitrogen and oxygen atoms in total. The van der Waals surface area contributed by atoms with E-state index in [0.29, 0.717) is 63.0 Å². The summed E-state index contributed by atoms with van der Waals surface area (Å²) in [6.45, 7) is 27.8. The van der Waals surface area contributed by atoms with Crippen LogP contribution in [0.15, 0.2) is 142 Å². The standard InChI is InChI=1S/C44H50Br4N4O4S/c1-23(25-15-29(41(3,4)5)39(53)30(16-25)42(6,7)8)49-51-37-33(45)19-27(20-34(37)46)57(55,56)28-21-35(47)38(36(48)22-28)52-50-24(2)26-17-31(43(9,10)11)40(54)32(18-26)44(12,13)14/h15-22H,1-14H3. The second kappa shape index (κ2) is 16.7. The number of Topliss-reactive ketones (excluding diaryl/α,β-unsaturated/α-hetero) is 2. The third kappa shape index (κ3) is 10.5. The monoisotopic (exact) mass is 1050 g/mol. The van der Waals surface area contributed by atoms with Crippen LogP contribution in [0.1, 0.15) is 96.9 Å². The van der Waals surface area contributed by atoms with Gasteiger partial charge in [0.15, 0.2) is 11.6 Å². The lowest BCUT2D eigenvalue weighted by Gasteiger charge is -2.31. The average molecular weight is 1050 g/mol. The molecule has 0 N–H and O–H groups in total. The van der Waals surface area contributed by atoms with Crippen molar-refractivity contribution >= 4 is 96.5 Å². The summed E-state index contributed by atoms with van der Waals surface area (Å²) in [5, 5.41) is 18.0. The molecule has 304 valence electrons. The van der Waals surface area contributed by atoms with Gasteiger partial charge in [0.1, 0.15) is 11.4 Å². The summed E-state index contributed by atoms with van der Waals surface area (Å²) >= 11 is 14.1. The summed E-state index contributed by atoms with van der Waals surface area (Å²) in [6.07, 6.45) is 7.53. The third-order valence-electron chi connectivity index (χ3n) is 9.45. The number of benzene rings is 2. The molecule has 0 unspecified atom stereocenters. The van der Waals surface area contributed by atoms with Crippen molar-refractivity contribution in [3.05, 3.63) is 111 Å². The maximum atomic E-state index is 14.0. The van der Waals surface area contributed by atoms with E-state index in [9.17, 15) is 18.0 Å². The molecule has 57 heavy (non-hydrogen) atoms. The molecular formula is C44H50Br4N4O4S. The zero-order chi connectivity index (χ0) is 43.4. The number of halogens is 4. The Bertz CT molecular complexity index is 2160. The predicted octanol–water partition coefficient (Wildman–Crippen LogP) is 15.3. The van der Waals surface area contributed by atoms with Gasteiger partial charge in [-0.25, -0.2) is 8.42 Å². The summed E-state index contributed by atoms with van der Waals surface area (Å²) in [4.78, 5) is 26.9. The molecule has 2 aromatic carbocycles. The number of azo groups is 2. The number of rotatable bonds is 6. The topological polar surface area (TPSA) is 118 Å². The van der Waals surface area contributed by atoms with Crippen molar-refractivity contribution in [1.29, 1.82) is 0 Å². The molecule has 0 saturated heterocycles. The van der Waals surface area contributed by atoms with Crippen molar-refractivity contribution in [3.8, 4) is 0 Å². The van der Waals surface area contributed by atoms with E-state index < -0.39 is 9.84 Å². The lowest BCUT2D eigenvalue weighted by Crippen LogP contribution is -2.28. The molecule has 2 aliphatic rings. The van der Waals surface area contributed by atoms with Gasteiger partial charge in [0.25, 0.3) is 0 Å². The van der Waals surface area contributed by atoms with Crippen molar-refractivity contribution in [1.82, 2.24) is 0 Å². The second-order valence-electron chi connectivity index (χ2n) is 18.3. The molecule has 0 atom stereocenters. The van der Waals surface area contributed by atoms with Gasteiger partial charge in [-0.2, -0.15) is 10.2 Å². The van der Waals surface area contributed by atoms with E-state index in [1.807, 2.05) is 121 Å². The average Bonchev–Trinajstić information content (AvgIpc) is 3.05. The minimum atomic E-state index is -4.03. The van der Waals surface area contributed by atoms with Crippen LogP contribution in [0.5, 0.6) is 0 Å². The van der Waals surface area contributed by atoms with Gasteiger partial charge >= 0.3 is 0 Å². The highest BCUT2D eigenvalue weighted by atomic mass is 79.9. The van der Waals surface area contributed by atoms with Crippen molar-refractivity contribution in [2.24, 2.45) is 42.1 Å². The van der Waals surface area contributed by atoms with Crippen LogP contribution in [0.2, 0.25) is 0 Å². The van der Waals surface area contributed by atoms with Gasteiger partial charge in [0.05, 0.1) is 21.2 Å². The minimum absolute atomic E-state index is 0.0278. The van der Waals surface area contributed by atoms with Crippen LogP contribution in [-0.4, -0.2) is 20.0 Å². The molecule has 2 aliphatic carbocycles. The van der Waals surface area contributed by atoms with Crippen molar-refractivity contribution in [2.75, 3.05) is 0 Å². The number of nitrogens with zero attached hydrogens (tertiary/aromatic N) is 4. The molecule has 13 heteroatoms. The van der Waals surface area contributed by atoms with Gasteiger partial charge < -0.3 is 0 Å². The van der Waals surface area contributed by atoms with E-state index in [1.165, 1.54) is 24.3 Å². The van der Waals surface area contributed by atoms with Crippen molar-refractivity contribution in [2.45, 2.75) is 107 Å². The number of hydrogen-bond donors (Lipinski definition) is 0.